The molecule has 15 heavy (non-hydrogen) atoms. The first-order valence-corrected chi connectivity index (χ1v) is 5.79. The first kappa shape index (κ1) is 12.5. The van der Waals surface area contributed by atoms with Crippen LogP contribution in [0.5, 0.6) is 5.75 Å². The van der Waals surface area contributed by atoms with Crippen LogP contribution in [-0.2, 0) is 6.54 Å². The Labute approximate surface area is 97.7 Å². The summed E-state index contributed by atoms with van der Waals surface area (Å²) in [4.78, 5) is 0. The van der Waals surface area contributed by atoms with Gasteiger partial charge in [0, 0.05) is 6.54 Å². The SMILES string of the molecule is CCCCOc1c(F)cc(CN)cc1Br. The van der Waals surface area contributed by atoms with E-state index in [0.29, 0.717) is 17.6 Å². The third-order valence-electron chi connectivity index (χ3n) is 2.04. The Balaban J connectivity index is 2.79. The van der Waals surface area contributed by atoms with Crippen molar-refractivity contribution >= 4 is 15.9 Å². The molecule has 0 aliphatic carbocycles. The molecule has 0 radical (unpaired) electrons. The Kier molecular flexibility index (Phi) is 5.05. The van der Waals surface area contributed by atoms with Crippen LogP contribution in [-0.4, -0.2) is 6.61 Å². The van der Waals surface area contributed by atoms with Crippen LogP contribution in [0.3, 0.4) is 0 Å². The molecule has 0 fully saturated rings. The zero-order valence-electron chi connectivity index (χ0n) is 8.72. The van der Waals surface area contributed by atoms with Gasteiger partial charge in [0.2, 0.25) is 0 Å². The quantitative estimate of drug-likeness (QED) is 0.838. The Morgan fingerprint density at radius 2 is 2.20 bits per heavy atom. The Bertz CT molecular complexity index is 307. The minimum absolute atomic E-state index is 0.278. The van der Waals surface area contributed by atoms with Gasteiger partial charge in [-0.15, -0.1) is 0 Å². The van der Waals surface area contributed by atoms with Crippen LogP contribution in [0.4, 0.5) is 4.39 Å². The summed E-state index contributed by atoms with van der Waals surface area (Å²) in [5.41, 5.74) is 6.18. The normalized spacial score (nSPS) is 10.4. The largest absolute Gasteiger partial charge is 0.489 e. The van der Waals surface area contributed by atoms with Gasteiger partial charge in [-0.3, -0.25) is 0 Å². The summed E-state index contributed by atoms with van der Waals surface area (Å²) < 4.78 is 19.5. The molecule has 0 bridgehead atoms. The molecule has 0 saturated heterocycles. The van der Waals surface area contributed by atoms with E-state index in [2.05, 4.69) is 22.9 Å². The topological polar surface area (TPSA) is 35.2 Å². The van der Waals surface area contributed by atoms with Gasteiger partial charge in [0.15, 0.2) is 11.6 Å². The lowest BCUT2D eigenvalue weighted by Gasteiger charge is -2.10. The number of ether oxygens (including phenoxy) is 1. The van der Waals surface area contributed by atoms with Crippen molar-refractivity contribution in [3.05, 3.63) is 28.0 Å². The highest BCUT2D eigenvalue weighted by atomic mass is 79.9. The van der Waals surface area contributed by atoms with E-state index in [1.165, 1.54) is 6.07 Å². The minimum Gasteiger partial charge on any atom is -0.489 e. The molecule has 84 valence electrons. The van der Waals surface area contributed by atoms with Crippen LogP contribution in [0.25, 0.3) is 0 Å². The molecule has 0 spiro atoms. The van der Waals surface area contributed by atoms with Crippen LogP contribution in [0.1, 0.15) is 25.3 Å². The Hall–Kier alpha value is -0.610. The van der Waals surface area contributed by atoms with E-state index in [9.17, 15) is 4.39 Å². The maximum atomic E-state index is 13.5. The number of rotatable bonds is 5. The standard InChI is InChI=1S/C11H15BrFNO/c1-2-3-4-15-11-9(12)5-8(7-14)6-10(11)13/h5-6H,2-4,7,14H2,1H3. The van der Waals surface area contributed by atoms with Crippen molar-refractivity contribution in [2.24, 2.45) is 5.73 Å². The number of hydrogen-bond acceptors (Lipinski definition) is 2. The van der Waals surface area contributed by atoms with E-state index < -0.39 is 0 Å². The van der Waals surface area contributed by atoms with Crippen LogP contribution in [0.2, 0.25) is 0 Å². The van der Waals surface area contributed by atoms with Crippen molar-refractivity contribution in [2.45, 2.75) is 26.3 Å². The van der Waals surface area contributed by atoms with Crippen LogP contribution in [0.15, 0.2) is 16.6 Å². The van der Waals surface area contributed by atoms with Crippen molar-refractivity contribution in [3.8, 4) is 5.75 Å². The molecule has 2 N–H and O–H groups in total. The average molecular weight is 276 g/mol. The highest BCUT2D eigenvalue weighted by molar-refractivity contribution is 9.10. The first-order valence-electron chi connectivity index (χ1n) is 4.99. The van der Waals surface area contributed by atoms with E-state index in [-0.39, 0.29) is 11.6 Å². The minimum atomic E-state index is -0.360. The van der Waals surface area contributed by atoms with E-state index in [1.807, 2.05) is 0 Å². The monoisotopic (exact) mass is 275 g/mol. The molecule has 1 aromatic rings. The molecule has 0 saturated carbocycles. The zero-order valence-corrected chi connectivity index (χ0v) is 10.3. The second-order valence-corrected chi connectivity index (χ2v) is 4.15. The average Bonchev–Trinajstić information content (AvgIpc) is 2.22. The van der Waals surface area contributed by atoms with Crippen LogP contribution >= 0.6 is 15.9 Å². The van der Waals surface area contributed by atoms with Gasteiger partial charge in [-0.05, 0) is 40.0 Å². The summed E-state index contributed by atoms with van der Waals surface area (Å²) in [6.07, 6.45) is 1.95. The molecule has 1 aromatic carbocycles. The second kappa shape index (κ2) is 6.08. The maximum absolute atomic E-state index is 13.5. The van der Waals surface area contributed by atoms with E-state index in [1.54, 1.807) is 6.07 Å². The summed E-state index contributed by atoms with van der Waals surface area (Å²) in [5, 5.41) is 0. The third kappa shape index (κ3) is 3.47. The molecular formula is C11H15BrFNO. The molecular weight excluding hydrogens is 261 g/mol. The van der Waals surface area contributed by atoms with Gasteiger partial charge in [-0.1, -0.05) is 13.3 Å². The number of halogens is 2. The summed E-state index contributed by atoms with van der Waals surface area (Å²) in [6, 6.07) is 3.19. The van der Waals surface area contributed by atoms with Crippen LogP contribution < -0.4 is 10.5 Å². The molecule has 4 heteroatoms. The van der Waals surface area contributed by atoms with Gasteiger partial charge in [0.25, 0.3) is 0 Å². The van der Waals surface area contributed by atoms with Gasteiger partial charge in [-0.25, -0.2) is 4.39 Å². The fourth-order valence-corrected chi connectivity index (χ4v) is 1.78. The van der Waals surface area contributed by atoms with E-state index in [4.69, 9.17) is 10.5 Å². The summed E-state index contributed by atoms with van der Waals surface area (Å²) in [5.74, 6) is -0.0819. The lowest BCUT2D eigenvalue weighted by Crippen LogP contribution is -2.02. The van der Waals surface area contributed by atoms with E-state index in [0.717, 1.165) is 18.4 Å². The van der Waals surface area contributed by atoms with Gasteiger partial charge >= 0.3 is 0 Å². The van der Waals surface area contributed by atoms with Crippen molar-refractivity contribution < 1.29 is 9.13 Å². The Morgan fingerprint density at radius 1 is 1.47 bits per heavy atom. The zero-order chi connectivity index (χ0) is 11.3. The van der Waals surface area contributed by atoms with Gasteiger partial charge in [0.1, 0.15) is 0 Å². The van der Waals surface area contributed by atoms with Crippen molar-refractivity contribution in [1.82, 2.24) is 0 Å². The number of nitrogens with two attached hydrogens (primary N) is 1. The summed E-state index contributed by atoms with van der Waals surface area (Å²) in [6.45, 7) is 2.92. The molecule has 0 aliphatic rings. The number of hydrogen-bond donors (Lipinski definition) is 1. The molecule has 1 rings (SSSR count). The summed E-state index contributed by atoms with van der Waals surface area (Å²) >= 11 is 3.27. The lowest BCUT2D eigenvalue weighted by molar-refractivity contribution is 0.292. The molecule has 0 aliphatic heterocycles. The van der Waals surface area contributed by atoms with Crippen molar-refractivity contribution in [2.75, 3.05) is 6.61 Å². The van der Waals surface area contributed by atoms with Gasteiger partial charge < -0.3 is 10.5 Å². The molecule has 0 atom stereocenters. The number of benzene rings is 1. The maximum Gasteiger partial charge on any atom is 0.169 e. The predicted molar refractivity (Wildman–Crippen MR) is 62.4 cm³/mol. The smallest absolute Gasteiger partial charge is 0.169 e. The fraction of sp³-hybridized carbons (Fsp3) is 0.455. The van der Waals surface area contributed by atoms with Gasteiger partial charge in [-0.2, -0.15) is 0 Å². The van der Waals surface area contributed by atoms with Gasteiger partial charge in [0.05, 0.1) is 11.1 Å². The van der Waals surface area contributed by atoms with E-state index >= 15 is 0 Å². The third-order valence-corrected chi connectivity index (χ3v) is 2.63. The molecule has 2 nitrogen and oxygen atoms in total. The van der Waals surface area contributed by atoms with Crippen LogP contribution in [0, 0.1) is 5.82 Å². The highest BCUT2D eigenvalue weighted by Gasteiger charge is 2.09. The first-order chi connectivity index (χ1) is 7.19. The molecule has 0 unspecified atom stereocenters. The van der Waals surface area contributed by atoms with Crippen molar-refractivity contribution in [1.29, 1.82) is 0 Å². The molecule has 0 heterocycles. The highest BCUT2D eigenvalue weighted by Crippen LogP contribution is 2.29. The Morgan fingerprint density at radius 3 is 2.73 bits per heavy atom. The second-order valence-electron chi connectivity index (χ2n) is 3.29. The molecule has 0 aromatic heterocycles. The lowest BCUT2D eigenvalue weighted by atomic mass is 10.2. The summed E-state index contributed by atoms with van der Waals surface area (Å²) in [7, 11) is 0. The number of unbranched alkanes of at least 4 members (excludes halogenated alkanes) is 1. The van der Waals surface area contributed by atoms with Crippen molar-refractivity contribution in [3.63, 3.8) is 0 Å². The molecule has 0 amide bonds. The fourth-order valence-electron chi connectivity index (χ4n) is 1.19. The predicted octanol–water partition coefficient (Wildman–Crippen LogP) is 3.23.